The number of fused-ring (bicyclic) bond motifs is 1. The van der Waals surface area contributed by atoms with Crippen molar-refractivity contribution in [2.45, 2.75) is 0 Å². The summed E-state index contributed by atoms with van der Waals surface area (Å²) in [7, 11) is 2.07. The van der Waals surface area contributed by atoms with Crippen molar-refractivity contribution in [1.29, 1.82) is 0 Å². The summed E-state index contributed by atoms with van der Waals surface area (Å²) in [5.41, 5.74) is 3.13. The summed E-state index contributed by atoms with van der Waals surface area (Å²) in [5.74, 6) is 0.801. The molecule has 1 heterocycles. The van der Waals surface area contributed by atoms with Gasteiger partial charge in [-0.25, -0.2) is 0 Å². The normalized spacial score (nSPS) is 11.9. The minimum atomic E-state index is 0.496. The number of hydrogen-bond donors (Lipinski definition) is 0. The second-order valence-electron chi connectivity index (χ2n) is 6.16. The molecule has 0 unspecified atom stereocenters. The van der Waals surface area contributed by atoms with Crippen molar-refractivity contribution < 1.29 is 9.15 Å². The molecule has 0 amide bonds. The number of nitrogens with zero attached hydrogens (tertiary/aromatic N) is 1. The minimum absolute atomic E-state index is 0.496. The lowest BCUT2D eigenvalue weighted by Gasteiger charge is -2.15. The van der Waals surface area contributed by atoms with E-state index >= 15 is 0 Å². The fraction of sp³-hybridized carbons (Fsp3) is 0.182. The topological polar surface area (TPSA) is 25.6 Å². The van der Waals surface area contributed by atoms with Crippen LogP contribution in [0.15, 0.2) is 82.4 Å². The second-order valence-corrected chi connectivity index (χ2v) is 7.07. The molecule has 134 valence electrons. The number of halogens is 1. The highest BCUT2D eigenvalue weighted by Crippen LogP contribution is 2.24. The molecule has 0 radical (unpaired) electrons. The van der Waals surface area contributed by atoms with Gasteiger partial charge in [0.15, 0.2) is 0 Å². The Hall–Kier alpha value is -2.30. The maximum absolute atomic E-state index is 6.04. The van der Waals surface area contributed by atoms with E-state index < -0.39 is 0 Å². The fourth-order valence-electron chi connectivity index (χ4n) is 2.67. The van der Waals surface area contributed by atoms with E-state index in [1.54, 1.807) is 6.26 Å². The Morgan fingerprint density at radius 3 is 2.73 bits per heavy atom. The van der Waals surface area contributed by atoms with Gasteiger partial charge in [-0.3, -0.25) is 4.90 Å². The predicted octanol–water partition coefficient (Wildman–Crippen LogP) is 5.78. The first-order valence-electron chi connectivity index (χ1n) is 8.50. The Balaban J connectivity index is 1.76. The highest BCUT2D eigenvalue weighted by molar-refractivity contribution is 9.10. The second kappa shape index (κ2) is 8.88. The van der Waals surface area contributed by atoms with Gasteiger partial charge in [-0.05, 0) is 48.5 Å². The molecular formula is C22H22BrNO2. The number of furan rings is 1. The van der Waals surface area contributed by atoms with E-state index in [9.17, 15) is 0 Å². The predicted molar refractivity (Wildman–Crippen MR) is 112 cm³/mol. The van der Waals surface area contributed by atoms with Crippen LogP contribution in [0.1, 0.15) is 5.56 Å². The number of hydrogen-bond acceptors (Lipinski definition) is 3. The lowest BCUT2D eigenvalue weighted by molar-refractivity contribution is 0.367. The number of ether oxygens (including phenoxy) is 1. The van der Waals surface area contributed by atoms with Crippen molar-refractivity contribution in [1.82, 2.24) is 4.90 Å². The van der Waals surface area contributed by atoms with Gasteiger partial charge < -0.3 is 9.15 Å². The van der Waals surface area contributed by atoms with Gasteiger partial charge in [-0.15, -0.1) is 6.58 Å². The SMILES string of the molecule is C=CCN(C)CC=C(COc1ccc2ccoc2c1)c1ccc(Br)cc1. The first-order chi connectivity index (χ1) is 12.7. The van der Waals surface area contributed by atoms with Crippen molar-refractivity contribution in [2.75, 3.05) is 26.7 Å². The third-order valence-corrected chi connectivity index (χ3v) is 4.66. The summed E-state index contributed by atoms with van der Waals surface area (Å²) < 4.78 is 12.6. The van der Waals surface area contributed by atoms with Gasteiger partial charge in [-0.1, -0.05) is 40.2 Å². The van der Waals surface area contributed by atoms with Crippen molar-refractivity contribution >= 4 is 32.5 Å². The molecule has 0 aliphatic heterocycles. The van der Waals surface area contributed by atoms with Crippen LogP contribution in [0.25, 0.3) is 16.5 Å². The van der Waals surface area contributed by atoms with Crippen LogP contribution in [-0.2, 0) is 0 Å². The third kappa shape index (κ3) is 4.87. The minimum Gasteiger partial charge on any atom is -0.489 e. The van der Waals surface area contributed by atoms with Crippen molar-refractivity contribution in [3.63, 3.8) is 0 Å². The number of benzene rings is 2. The molecule has 0 aliphatic carbocycles. The Morgan fingerprint density at radius 1 is 1.15 bits per heavy atom. The molecule has 3 aromatic rings. The van der Waals surface area contributed by atoms with Gasteiger partial charge in [0.05, 0.1) is 6.26 Å². The van der Waals surface area contributed by atoms with Crippen molar-refractivity contribution in [3.05, 3.63) is 83.6 Å². The maximum atomic E-state index is 6.04. The molecule has 0 N–H and O–H groups in total. The van der Waals surface area contributed by atoms with Gasteiger partial charge >= 0.3 is 0 Å². The zero-order chi connectivity index (χ0) is 18.4. The molecule has 0 saturated heterocycles. The van der Waals surface area contributed by atoms with Crippen LogP contribution in [0.4, 0.5) is 0 Å². The van der Waals surface area contributed by atoms with Gasteiger partial charge in [0, 0.05) is 29.0 Å². The number of rotatable bonds is 8. The van der Waals surface area contributed by atoms with E-state index in [2.05, 4.69) is 52.7 Å². The van der Waals surface area contributed by atoms with Crippen LogP contribution < -0.4 is 4.74 Å². The Labute approximate surface area is 162 Å². The Bertz CT molecular complexity index is 896. The largest absolute Gasteiger partial charge is 0.489 e. The maximum Gasteiger partial charge on any atom is 0.137 e. The highest BCUT2D eigenvalue weighted by atomic mass is 79.9. The summed E-state index contributed by atoms with van der Waals surface area (Å²) in [4.78, 5) is 2.20. The van der Waals surface area contributed by atoms with E-state index in [0.717, 1.165) is 45.4 Å². The molecule has 26 heavy (non-hydrogen) atoms. The van der Waals surface area contributed by atoms with E-state index in [1.165, 1.54) is 0 Å². The monoisotopic (exact) mass is 411 g/mol. The van der Waals surface area contributed by atoms with Gasteiger partial charge in [0.2, 0.25) is 0 Å². The molecule has 4 heteroatoms. The summed E-state index contributed by atoms with van der Waals surface area (Å²) >= 11 is 3.49. The zero-order valence-corrected chi connectivity index (χ0v) is 16.4. The molecule has 3 rings (SSSR count). The van der Waals surface area contributed by atoms with Crippen LogP contribution in [0.3, 0.4) is 0 Å². The average molecular weight is 412 g/mol. The molecule has 0 aliphatic rings. The van der Waals surface area contributed by atoms with E-state index in [4.69, 9.17) is 9.15 Å². The lowest BCUT2D eigenvalue weighted by Crippen LogP contribution is -2.18. The molecule has 0 spiro atoms. The van der Waals surface area contributed by atoms with Crippen molar-refractivity contribution in [2.24, 2.45) is 0 Å². The third-order valence-electron chi connectivity index (χ3n) is 4.13. The van der Waals surface area contributed by atoms with Gasteiger partial charge in [0.1, 0.15) is 17.9 Å². The molecule has 3 nitrogen and oxygen atoms in total. The molecule has 0 atom stereocenters. The molecule has 0 bridgehead atoms. The molecule has 0 fully saturated rings. The quantitative estimate of drug-likeness (QED) is 0.439. The van der Waals surface area contributed by atoms with Crippen LogP contribution in [0.2, 0.25) is 0 Å². The molecule has 1 aromatic heterocycles. The van der Waals surface area contributed by atoms with Crippen molar-refractivity contribution in [3.8, 4) is 5.75 Å². The summed E-state index contributed by atoms with van der Waals surface area (Å²) in [6.45, 7) is 5.97. The fourth-order valence-corrected chi connectivity index (χ4v) is 2.94. The lowest BCUT2D eigenvalue weighted by atomic mass is 10.1. The Kier molecular flexibility index (Phi) is 6.31. The molecule has 2 aromatic carbocycles. The zero-order valence-electron chi connectivity index (χ0n) is 14.8. The van der Waals surface area contributed by atoms with Crippen LogP contribution in [0.5, 0.6) is 5.75 Å². The molecule has 0 saturated carbocycles. The Morgan fingerprint density at radius 2 is 1.96 bits per heavy atom. The van der Waals surface area contributed by atoms with E-state index in [1.807, 2.05) is 42.5 Å². The number of likely N-dealkylation sites (N-methyl/N-ethyl adjacent to an activating group) is 1. The first-order valence-corrected chi connectivity index (χ1v) is 9.29. The average Bonchev–Trinajstić information content (AvgIpc) is 3.11. The van der Waals surface area contributed by atoms with Gasteiger partial charge in [-0.2, -0.15) is 0 Å². The van der Waals surface area contributed by atoms with E-state index in [0.29, 0.717) is 6.61 Å². The van der Waals surface area contributed by atoms with Crippen LogP contribution >= 0.6 is 15.9 Å². The summed E-state index contributed by atoms with van der Waals surface area (Å²) in [6.07, 6.45) is 5.80. The van der Waals surface area contributed by atoms with Crippen LogP contribution in [-0.4, -0.2) is 31.6 Å². The summed E-state index contributed by atoms with van der Waals surface area (Å²) in [6, 6.07) is 16.2. The first kappa shape index (κ1) is 18.5. The van der Waals surface area contributed by atoms with Gasteiger partial charge in [0.25, 0.3) is 0 Å². The van der Waals surface area contributed by atoms with Crippen LogP contribution in [0, 0.1) is 0 Å². The summed E-state index contributed by atoms with van der Waals surface area (Å²) in [5, 5.41) is 1.08. The smallest absolute Gasteiger partial charge is 0.137 e. The highest BCUT2D eigenvalue weighted by Gasteiger charge is 2.06. The van der Waals surface area contributed by atoms with E-state index in [-0.39, 0.29) is 0 Å². The molecular weight excluding hydrogens is 390 g/mol. The standard InChI is InChI=1S/C22H22BrNO2/c1-3-12-24(2)13-10-19(17-4-7-20(23)8-5-17)16-26-21-9-6-18-11-14-25-22(18)15-21/h3-11,14-15H,1,12-13,16H2,2H3.